The van der Waals surface area contributed by atoms with Gasteiger partial charge < -0.3 is 10.3 Å². The predicted molar refractivity (Wildman–Crippen MR) is 83.4 cm³/mol. The van der Waals surface area contributed by atoms with Gasteiger partial charge in [0.05, 0.1) is 5.69 Å². The molecular formula is C15H20BrN3. The van der Waals surface area contributed by atoms with Gasteiger partial charge in [-0.3, -0.25) is 0 Å². The highest BCUT2D eigenvalue weighted by molar-refractivity contribution is 9.10. The minimum Gasteiger partial charge on any atom is -0.345 e. The fourth-order valence-corrected chi connectivity index (χ4v) is 2.75. The summed E-state index contributed by atoms with van der Waals surface area (Å²) in [5.41, 5.74) is 3.30. The third-order valence-electron chi connectivity index (χ3n) is 3.36. The zero-order valence-electron chi connectivity index (χ0n) is 11.6. The van der Waals surface area contributed by atoms with E-state index >= 15 is 0 Å². The summed E-state index contributed by atoms with van der Waals surface area (Å²) in [4.78, 5) is 8.24. The van der Waals surface area contributed by atoms with E-state index in [1.807, 2.05) is 25.2 Å². The first kappa shape index (κ1) is 14.3. The van der Waals surface area contributed by atoms with Crippen molar-refractivity contribution in [1.82, 2.24) is 15.3 Å². The molecule has 2 aromatic rings. The molecule has 0 saturated carbocycles. The van der Waals surface area contributed by atoms with Crippen molar-refractivity contribution < 1.29 is 0 Å². The molecule has 1 atom stereocenters. The maximum atomic E-state index is 4.81. The number of nitrogens with one attached hydrogen (secondary N) is 2. The van der Waals surface area contributed by atoms with Gasteiger partial charge in [-0.1, -0.05) is 41.1 Å². The molecule has 0 spiro atoms. The third kappa shape index (κ3) is 3.07. The number of aromatic amines is 1. The molecule has 0 radical (unpaired) electrons. The van der Waals surface area contributed by atoms with Crippen molar-refractivity contribution in [2.24, 2.45) is 0 Å². The fourth-order valence-electron chi connectivity index (χ4n) is 2.27. The Labute approximate surface area is 123 Å². The van der Waals surface area contributed by atoms with Crippen molar-refractivity contribution in [2.75, 3.05) is 13.6 Å². The first-order valence-corrected chi connectivity index (χ1v) is 7.42. The lowest BCUT2D eigenvalue weighted by molar-refractivity contribution is 0.585. The molecule has 1 unspecified atom stereocenters. The number of benzene rings is 1. The summed E-state index contributed by atoms with van der Waals surface area (Å²) in [5, 5.41) is 3.23. The monoisotopic (exact) mass is 321 g/mol. The average Bonchev–Trinajstić information content (AvgIpc) is 2.78. The van der Waals surface area contributed by atoms with Crippen LogP contribution in [0.25, 0.3) is 11.3 Å². The molecule has 102 valence electrons. The summed E-state index contributed by atoms with van der Waals surface area (Å²) in [6, 6.07) is 8.20. The summed E-state index contributed by atoms with van der Waals surface area (Å²) in [6.07, 6.45) is 1.07. The molecule has 0 fully saturated rings. The number of halogens is 1. The molecule has 1 aromatic carbocycles. The minimum absolute atomic E-state index is 0.430. The van der Waals surface area contributed by atoms with E-state index in [-0.39, 0.29) is 0 Å². The lowest BCUT2D eigenvalue weighted by Crippen LogP contribution is -2.17. The molecule has 1 aromatic heterocycles. The molecule has 0 aliphatic heterocycles. The van der Waals surface area contributed by atoms with E-state index < -0.39 is 0 Å². The zero-order valence-corrected chi connectivity index (χ0v) is 13.2. The van der Waals surface area contributed by atoms with Gasteiger partial charge in [0, 0.05) is 28.2 Å². The molecule has 0 aliphatic rings. The van der Waals surface area contributed by atoms with E-state index in [1.54, 1.807) is 0 Å². The normalized spacial score (nSPS) is 12.6. The second-order valence-corrected chi connectivity index (χ2v) is 5.59. The Balaban J connectivity index is 2.39. The fraction of sp³-hybridized carbons (Fsp3) is 0.400. The van der Waals surface area contributed by atoms with Crippen LogP contribution in [0.2, 0.25) is 0 Å². The van der Waals surface area contributed by atoms with E-state index in [1.165, 1.54) is 0 Å². The Hall–Kier alpha value is -1.13. The number of hydrogen-bond donors (Lipinski definition) is 2. The van der Waals surface area contributed by atoms with Crippen LogP contribution >= 0.6 is 15.9 Å². The Kier molecular flexibility index (Phi) is 4.77. The molecule has 0 aliphatic carbocycles. The van der Waals surface area contributed by atoms with Crippen LogP contribution in [0.4, 0.5) is 0 Å². The first-order chi connectivity index (χ1) is 9.17. The van der Waals surface area contributed by atoms with Crippen molar-refractivity contribution in [2.45, 2.75) is 26.2 Å². The molecule has 19 heavy (non-hydrogen) atoms. The van der Waals surface area contributed by atoms with Crippen molar-refractivity contribution in [3.8, 4) is 11.3 Å². The van der Waals surface area contributed by atoms with E-state index in [2.05, 4.69) is 46.1 Å². The molecule has 0 saturated heterocycles. The topological polar surface area (TPSA) is 40.7 Å². The average molecular weight is 322 g/mol. The second-order valence-electron chi connectivity index (χ2n) is 4.74. The van der Waals surface area contributed by atoms with Gasteiger partial charge in [-0.15, -0.1) is 0 Å². The summed E-state index contributed by atoms with van der Waals surface area (Å²) in [7, 11) is 1.98. The highest BCUT2D eigenvalue weighted by Gasteiger charge is 2.16. The van der Waals surface area contributed by atoms with Crippen LogP contribution in [-0.4, -0.2) is 23.6 Å². The number of aryl methyl sites for hydroxylation is 1. The summed E-state index contributed by atoms with van der Waals surface area (Å²) in [6.45, 7) is 5.22. The maximum Gasteiger partial charge on any atom is 0.111 e. The second kappa shape index (κ2) is 6.35. The van der Waals surface area contributed by atoms with Gasteiger partial charge >= 0.3 is 0 Å². The van der Waals surface area contributed by atoms with E-state index in [0.29, 0.717) is 5.92 Å². The third-order valence-corrected chi connectivity index (χ3v) is 4.05. The Morgan fingerprint density at radius 2 is 2.11 bits per heavy atom. The molecule has 3 nitrogen and oxygen atoms in total. The first-order valence-electron chi connectivity index (χ1n) is 6.63. The van der Waals surface area contributed by atoms with Crippen molar-refractivity contribution in [1.29, 1.82) is 0 Å². The van der Waals surface area contributed by atoms with Gasteiger partial charge in [0.1, 0.15) is 5.82 Å². The van der Waals surface area contributed by atoms with E-state index in [0.717, 1.165) is 40.2 Å². The largest absolute Gasteiger partial charge is 0.345 e. The Morgan fingerprint density at radius 1 is 1.37 bits per heavy atom. The van der Waals surface area contributed by atoms with Gasteiger partial charge in [0.15, 0.2) is 0 Å². The summed E-state index contributed by atoms with van der Waals surface area (Å²) in [5.74, 6) is 1.50. The van der Waals surface area contributed by atoms with Gasteiger partial charge in [-0.25, -0.2) is 4.98 Å². The molecule has 4 heteroatoms. The van der Waals surface area contributed by atoms with Gasteiger partial charge in [-0.05, 0) is 26.5 Å². The molecule has 0 amide bonds. The number of H-pyrrole nitrogens is 1. The van der Waals surface area contributed by atoms with Crippen LogP contribution in [0.5, 0.6) is 0 Å². The van der Waals surface area contributed by atoms with Gasteiger partial charge in [0.25, 0.3) is 0 Å². The van der Waals surface area contributed by atoms with Gasteiger partial charge in [-0.2, -0.15) is 0 Å². The highest BCUT2D eigenvalue weighted by Crippen LogP contribution is 2.30. The zero-order chi connectivity index (χ0) is 13.8. The highest BCUT2D eigenvalue weighted by atomic mass is 79.9. The lowest BCUT2D eigenvalue weighted by Gasteiger charge is -2.10. The number of imidazole rings is 1. The molecule has 2 rings (SSSR count). The predicted octanol–water partition coefficient (Wildman–Crippen LogP) is 3.86. The van der Waals surface area contributed by atoms with Crippen LogP contribution in [0, 0.1) is 6.92 Å². The smallest absolute Gasteiger partial charge is 0.111 e. The van der Waals surface area contributed by atoms with E-state index in [9.17, 15) is 0 Å². The summed E-state index contributed by atoms with van der Waals surface area (Å²) >= 11 is 3.60. The number of aromatic nitrogens is 2. The molecule has 2 N–H and O–H groups in total. The molecular weight excluding hydrogens is 302 g/mol. The number of likely N-dealkylation sites (N-methyl/N-ethyl adjacent to an activating group) is 1. The van der Waals surface area contributed by atoms with Crippen LogP contribution in [-0.2, 0) is 0 Å². The summed E-state index contributed by atoms with van der Waals surface area (Å²) < 4.78 is 1.08. The van der Waals surface area contributed by atoms with Crippen LogP contribution in [0.1, 0.15) is 30.8 Å². The quantitative estimate of drug-likeness (QED) is 0.877. The lowest BCUT2D eigenvalue weighted by atomic mass is 10.1. The van der Waals surface area contributed by atoms with Crippen molar-refractivity contribution >= 4 is 15.9 Å². The number of rotatable bonds is 5. The Morgan fingerprint density at radius 3 is 2.74 bits per heavy atom. The maximum absolute atomic E-state index is 4.81. The number of nitrogens with zero attached hydrogens (tertiary/aromatic N) is 1. The van der Waals surface area contributed by atoms with Crippen molar-refractivity contribution in [3.05, 3.63) is 40.3 Å². The van der Waals surface area contributed by atoms with Gasteiger partial charge in [0.2, 0.25) is 0 Å². The van der Waals surface area contributed by atoms with E-state index in [4.69, 9.17) is 4.98 Å². The Bertz CT molecular complexity index is 548. The number of hydrogen-bond acceptors (Lipinski definition) is 2. The van der Waals surface area contributed by atoms with Crippen LogP contribution in [0.15, 0.2) is 28.7 Å². The SMILES string of the molecule is CCC(CNC)c1nc(-c2ccccc2Br)c(C)[nH]1. The standard InChI is InChI=1S/C15H20BrN3/c1-4-11(9-17-3)15-18-10(2)14(19-15)12-7-5-6-8-13(12)16/h5-8,11,17H,4,9H2,1-3H3,(H,18,19). The van der Waals surface area contributed by atoms with Crippen LogP contribution in [0.3, 0.4) is 0 Å². The molecule has 0 bridgehead atoms. The van der Waals surface area contributed by atoms with Crippen molar-refractivity contribution in [3.63, 3.8) is 0 Å². The molecule has 1 heterocycles. The minimum atomic E-state index is 0.430. The van der Waals surface area contributed by atoms with Crippen LogP contribution < -0.4 is 5.32 Å².